The van der Waals surface area contributed by atoms with Gasteiger partial charge in [-0.25, -0.2) is 9.59 Å². The second-order valence-electron chi connectivity index (χ2n) is 9.90. The molecule has 1 atom stereocenters. The minimum Gasteiger partial charge on any atom is -0.449 e. The van der Waals surface area contributed by atoms with Crippen LogP contribution in [-0.2, 0) is 11.2 Å². The highest BCUT2D eigenvalue weighted by Gasteiger charge is 2.41. The summed E-state index contributed by atoms with van der Waals surface area (Å²) in [5.41, 5.74) is 3.63. The summed E-state index contributed by atoms with van der Waals surface area (Å²) in [5.74, 6) is -1.52. The summed E-state index contributed by atoms with van der Waals surface area (Å²) in [7, 11) is 0. The molecular formula is C33H37F3O4. The number of unbranched alkanes of at least 4 members (excludes halogenated alkanes) is 6. The second kappa shape index (κ2) is 15.2. The van der Waals surface area contributed by atoms with Crippen molar-refractivity contribution in [3.8, 4) is 16.9 Å². The molecule has 0 aromatic heterocycles. The fourth-order valence-electron chi connectivity index (χ4n) is 4.35. The van der Waals surface area contributed by atoms with E-state index in [9.17, 15) is 22.8 Å². The number of carbonyl (C=O) groups is 2. The van der Waals surface area contributed by atoms with Gasteiger partial charge in [0.05, 0.1) is 11.1 Å². The Morgan fingerprint density at radius 1 is 0.675 bits per heavy atom. The smallest absolute Gasteiger partial charge is 0.425 e. The number of ether oxygens (including phenoxy) is 2. The van der Waals surface area contributed by atoms with Crippen LogP contribution in [0.2, 0.25) is 0 Å². The molecule has 0 aliphatic heterocycles. The molecule has 0 saturated carbocycles. The highest BCUT2D eigenvalue weighted by atomic mass is 19.4. The van der Waals surface area contributed by atoms with E-state index < -0.39 is 24.2 Å². The molecule has 0 amide bonds. The molecule has 0 N–H and O–H groups in total. The van der Waals surface area contributed by atoms with Crippen molar-refractivity contribution < 1.29 is 32.2 Å². The van der Waals surface area contributed by atoms with E-state index in [1.165, 1.54) is 81.7 Å². The molecule has 4 nitrogen and oxygen atoms in total. The number of alkyl halides is 3. The van der Waals surface area contributed by atoms with Crippen molar-refractivity contribution in [2.45, 2.75) is 83.9 Å². The normalized spacial score (nSPS) is 12.1. The quantitative estimate of drug-likeness (QED) is 0.113. The Labute approximate surface area is 234 Å². The van der Waals surface area contributed by atoms with Crippen molar-refractivity contribution in [1.29, 1.82) is 0 Å². The number of hydrogen-bond donors (Lipinski definition) is 0. The van der Waals surface area contributed by atoms with E-state index >= 15 is 0 Å². The van der Waals surface area contributed by atoms with Gasteiger partial charge in [-0.05, 0) is 72.4 Å². The lowest BCUT2D eigenvalue weighted by Gasteiger charge is -2.19. The van der Waals surface area contributed by atoms with Crippen LogP contribution in [0, 0.1) is 0 Å². The van der Waals surface area contributed by atoms with Gasteiger partial charge in [0.1, 0.15) is 5.75 Å². The van der Waals surface area contributed by atoms with Gasteiger partial charge >= 0.3 is 18.1 Å². The van der Waals surface area contributed by atoms with Crippen LogP contribution < -0.4 is 4.74 Å². The number of esters is 2. The summed E-state index contributed by atoms with van der Waals surface area (Å²) in [4.78, 5) is 24.6. The first-order valence-electron chi connectivity index (χ1n) is 14.0. The van der Waals surface area contributed by atoms with Crippen molar-refractivity contribution >= 4 is 11.9 Å². The molecule has 3 aromatic carbocycles. The second-order valence-corrected chi connectivity index (χ2v) is 9.90. The molecule has 0 aliphatic carbocycles. The van der Waals surface area contributed by atoms with Gasteiger partial charge < -0.3 is 9.47 Å². The fourth-order valence-corrected chi connectivity index (χ4v) is 4.35. The number of carbonyl (C=O) groups excluding carboxylic acids is 2. The van der Waals surface area contributed by atoms with E-state index in [0.717, 1.165) is 17.5 Å². The molecular weight excluding hydrogens is 517 g/mol. The van der Waals surface area contributed by atoms with E-state index in [-0.39, 0.29) is 17.7 Å². The van der Waals surface area contributed by atoms with Crippen LogP contribution in [0.4, 0.5) is 13.2 Å². The molecule has 1 unspecified atom stereocenters. The Morgan fingerprint density at radius 3 is 1.73 bits per heavy atom. The van der Waals surface area contributed by atoms with Gasteiger partial charge in [-0.15, -0.1) is 0 Å². The molecule has 214 valence electrons. The van der Waals surface area contributed by atoms with E-state index in [4.69, 9.17) is 4.74 Å². The van der Waals surface area contributed by atoms with Crippen molar-refractivity contribution in [3.05, 3.63) is 89.5 Å². The molecule has 0 heterocycles. The van der Waals surface area contributed by atoms with Gasteiger partial charge in [0.2, 0.25) is 0 Å². The fraction of sp³-hybridized carbons (Fsp3) is 0.394. The number of hydrogen-bond acceptors (Lipinski definition) is 4. The third-order valence-corrected chi connectivity index (χ3v) is 6.76. The molecule has 0 bridgehead atoms. The lowest BCUT2D eigenvalue weighted by molar-refractivity contribution is -0.204. The zero-order valence-corrected chi connectivity index (χ0v) is 23.1. The molecule has 40 heavy (non-hydrogen) atoms. The summed E-state index contributed by atoms with van der Waals surface area (Å²) in [6.45, 7) is 3.52. The molecule has 0 fully saturated rings. The molecule has 0 radical (unpaired) electrons. The Hall–Kier alpha value is -3.61. The number of aryl methyl sites for hydroxylation is 1. The van der Waals surface area contributed by atoms with Gasteiger partial charge in [-0.3, -0.25) is 0 Å². The van der Waals surface area contributed by atoms with Crippen molar-refractivity contribution in [2.24, 2.45) is 0 Å². The average molecular weight is 555 g/mol. The van der Waals surface area contributed by atoms with Crippen LogP contribution in [0.1, 0.15) is 91.5 Å². The standard InChI is InChI=1S/C33H37F3O4/c1-3-5-6-7-8-9-10-11-24-12-14-25(15-13-24)26-16-18-27(19-17-26)31(37)39-29-22-20-28(21-23-29)32(38)40-30(4-2)33(34,35)36/h12-23,30H,3-11H2,1-2H3. The summed E-state index contributed by atoms with van der Waals surface area (Å²) in [5, 5.41) is 0. The van der Waals surface area contributed by atoms with Crippen LogP contribution >= 0.6 is 0 Å². The first-order valence-corrected chi connectivity index (χ1v) is 14.0. The highest BCUT2D eigenvalue weighted by Crippen LogP contribution is 2.27. The maximum absolute atomic E-state index is 12.9. The average Bonchev–Trinajstić information content (AvgIpc) is 2.95. The molecule has 0 spiro atoms. The molecule has 0 aliphatic rings. The number of rotatable bonds is 14. The van der Waals surface area contributed by atoms with Gasteiger partial charge in [0, 0.05) is 0 Å². The number of benzene rings is 3. The van der Waals surface area contributed by atoms with Crippen LogP contribution in [0.5, 0.6) is 5.75 Å². The summed E-state index contributed by atoms with van der Waals surface area (Å²) < 4.78 is 48.5. The maximum Gasteiger partial charge on any atom is 0.425 e. The molecule has 0 saturated heterocycles. The van der Waals surface area contributed by atoms with E-state index in [1.54, 1.807) is 12.1 Å². The predicted molar refractivity (Wildman–Crippen MR) is 151 cm³/mol. The minimum atomic E-state index is -4.63. The van der Waals surface area contributed by atoms with Crippen LogP contribution in [0.3, 0.4) is 0 Å². The van der Waals surface area contributed by atoms with E-state index in [1.807, 2.05) is 12.1 Å². The monoisotopic (exact) mass is 554 g/mol. The van der Waals surface area contributed by atoms with Gasteiger partial charge in [-0.2, -0.15) is 13.2 Å². The number of halogens is 3. The summed E-state index contributed by atoms with van der Waals surface area (Å²) in [6.07, 6.45) is 2.92. The first kappa shape index (κ1) is 30.9. The summed E-state index contributed by atoms with van der Waals surface area (Å²) in [6, 6.07) is 20.7. The Kier molecular flexibility index (Phi) is 11.8. The minimum absolute atomic E-state index is 0.0692. The molecule has 3 aromatic rings. The molecule has 7 heteroatoms. The SMILES string of the molecule is CCCCCCCCCc1ccc(-c2ccc(C(=O)Oc3ccc(C(=O)OC(CC)C(F)(F)F)cc3)cc2)cc1. The van der Waals surface area contributed by atoms with Gasteiger partial charge in [0.25, 0.3) is 0 Å². The lowest BCUT2D eigenvalue weighted by Crippen LogP contribution is -2.33. The maximum atomic E-state index is 12.9. The highest BCUT2D eigenvalue weighted by molar-refractivity contribution is 5.92. The van der Waals surface area contributed by atoms with Gasteiger partial charge in [-0.1, -0.05) is 88.8 Å². The first-order chi connectivity index (χ1) is 19.2. The van der Waals surface area contributed by atoms with Crippen molar-refractivity contribution in [2.75, 3.05) is 0 Å². The largest absolute Gasteiger partial charge is 0.449 e. The molecule has 3 rings (SSSR count). The Balaban J connectivity index is 1.50. The van der Waals surface area contributed by atoms with Crippen LogP contribution in [0.15, 0.2) is 72.8 Å². The Morgan fingerprint density at radius 2 is 1.18 bits per heavy atom. The van der Waals surface area contributed by atoms with E-state index in [0.29, 0.717) is 5.56 Å². The zero-order chi connectivity index (χ0) is 29.0. The van der Waals surface area contributed by atoms with Crippen LogP contribution in [-0.4, -0.2) is 24.2 Å². The summed E-state index contributed by atoms with van der Waals surface area (Å²) >= 11 is 0. The third-order valence-electron chi connectivity index (χ3n) is 6.76. The van der Waals surface area contributed by atoms with Gasteiger partial charge in [0.15, 0.2) is 6.10 Å². The van der Waals surface area contributed by atoms with Crippen molar-refractivity contribution in [1.82, 2.24) is 0 Å². The van der Waals surface area contributed by atoms with E-state index in [2.05, 4.69) is 35.9 Å². The van der Waals surface area contributed by atoms with Crippen molar-refractivity contribution in [3.63, 3.8) is 0 Å². The topological polar surface area (TPSA) is 52.6 Å². The Bertz CT molecular complexity index is 1200. The van der Waals surface area contributed by atoms with Crippen LogP contribution in [0.25, 0.3) is 11.1 Å². The third kappa shape index (κ3) is 9.54. The lowest BCUT2D eigenvalue weighted by atomic mass is 10.00. The zero-order valence-electron chi connectivity index (χ0n) is 23.1. The predicted octanol–water partition coefficient (Wildman–Crippen LogP) is 9.36.